The van der Waals surface area contributed by atoms with Crippen molar-refractivity contribution in [1.82, 2.24) is 4.90 Å². The summed E-state index contributed by atoms with van der Waals surface area (Å²) in [6, 6.07) is 3.51. The summed E-state index contributed by atoms with van der Waals surface area (Å²) < 4.78 is 85.4. The van der Waals surface area contributed by atoms with E-state index in [0.29, 0.717) is 11.0 Å². The molecule has 0 radical (unpaired) electrons. The number of carbonyl (C=O) groups excluding carboxylic acids is 2. The van der Waals surface area contributed by atoms with Gasteiger partial charge in [0.25, 0.3) is 5.91 Å². The molecule has 0 spiro atoms. The zero-order chi connectivity index (χ0) is 23.8. The summed E-state index contributed by atoms with van der Waals surface area (Å²) in [5.41, 5.74) is 2.61. The summed E-state index contributed by atoms with van der Waals surface area (Å²) in [6.07, 6.45) is -13.7. The molecule has 0 aromatic heterocycles. The smallest absolute Gasteiger partial charge is 0.369 e. The molecule has 0 saturated carbocycles. The van der Waals surface area contributed by atoms with Crippen LogP contribution >= 0.6 is 0 Å². The zero-order valence-electron chi connectivity index (χ0n) is 16.4. The highest BCUT2D eigenvalue weighted by Crippen LogP contribution is 2.39. The predicted octanol–water partition coefficient (Wildman–Crippen LogP) is 2.39. The van der Waals surface area contributed by atoms with Crippen molar-refractivity contribution in [2.24, 2.45) is 11.7 Å². The van der Waals surface area contributed by atoms with Gasteiger partial charge in [-0.2, -0.15) is 31.6 Å². The van der Waals surface area contributed by atoms with E-state index in [0.717, 1.165) is 12.1 Å². The van der Waals surface area contributed by atoms with Gasteiger partial charge >= 0.3 is 12.4 Å². The first kappa shape index (κ1) is 23.6. The minimum atomic E-state index is -5.00. The van der Waals surface area contributed by atoms with E-state index in [1.54, 1.807) is 0 Å². The van der Waals surface area contributed by atoms with Crippen molar-refractivity contribution >= 4 is 17.5 Å². The number of nitrogens with two attached hydrogens (primary N) is 1. The molecule has 2 fully saturated rings. The van der Waals surface area contributed by atoms with E-state index < -0.39 is 65.8 Å². The van der Waals surface area contributed by atoms with Crippen LogP contribution in [0.3, 0.4) is 0 Å². The fourth-order valence-electron chi connectivity index (χ4n) is 3.81. The summed E-state index contributed by atoms with van der Waals surface area (Å²) >= 11 is 0. The van der Waals surface area contributed by atoms with Crippen LogP contribution in [-0.4, -0.2) is 54.9 Å². The predicted molar refractivity (Wildman–Crippen MR) is 96.7 cm³/mol. The van der Waals surface area contributed by atoms with Crippen molar-refractivity contribution in [1.29, 1.82) is 5.26 Å². The van der Waals surface area contributed by atoms with E-state index in [1.165, 1.54) is 11.0 Å². The van der Waals surface area contributed by atoms with E-state index in [9.17, 15) is 35.9 Å². The van der Waals surface area contributed by atoms with Crippen LogP contribution in [0.2, 0.25) is 0 Å². The van der Waals surface area contributed by atoms with E-state index in [1.807, 2.05) is 0 Å². The van der Waals surface area contributed by atoms with Gasteiger partial charge in [-0.05, 0) is 31.0 Å². The Balaban J connectivity index is 1.85. The van der Waals surface area contributed by atoms with Gasteiger partial charge in [-0.25, -0.2) is 0 Å². The molecular weight excluding hydrogens is 446 g/mol. The maximum absolute atomic E-state index is 13.6. The second-order valence-electron chi connectivity index (χ2n) is 7.51. The molecule has 3 rings (SSSR count). The summed E-state index contributed by atoms with van der Waals surface area (Å²) in [4.78, 5) is 25.7. The molecule has 2 amide bonds. The average molecular weight is 464 g/mol. The second kappa shape index (κ2) is 8.50. The minimum absolute atomic E-state index is 0.0953. The van der Waals surface area contributed by atoms with Crippen LogP contribution in [0.4, 0.5) is 32.0 Å². The van der Waals surface area contributed by atoms with Crippen LogP contribution in [0.5, 0.6) is 0 Å². The number of rotatable bonds is 3. The Bertz CT molecular complexity index is 934. The summed E-state index contributed by atoms with van der Waals surface area (Å²) in [6.45, 7) is -0.446. The van der Waals surface area contributed by atoms with Gasteiger partial charge in [-0.15, -0.1) is 0 Å². The van der Waals surface area contributed by atoms with E-state index in [4.69, 9.17) is 15.7 Å². The number of hydrogen-bond acceptors (Lipinski definition) is 5. The lowest BCUT2D eigenvalue weighted by atomic mass is 9.96. The maximum Gasteiger partial charge on any atom is 0.433 e. The van der Waals surface area contributed by atoms with Gasteiger partial charge in [0.15, 0.2) is 6.10 Å². The number of likely N-dealkylation sites (tertiary alicyclic amines) is 1. The third-order valence-electron chi connectivity index (χ3n) is 5.46. The summed E-state index contributed by atoms with van der Waals surface area (Å²) in [7, 11) is 0. The fourth-order valence-corrected chi connectivity index (χ4v) is 3.81. The lowest BCUT2D eigenvalue weighted by Gasteiger charge is -2.31. The quantitative estimate of drug-likeness (QED) is 0.693. The monoisotopic (exact) mass is 464 g/mol. The Morgan fingerprint density at radius 3 is 2.25 bits per heavy atom. The Labute approximate surface area is 178 Å². The first-order valence-electron chi connectivity index (χ1n) is 9.51. The Morgan fingerprint density at radius 1 is 1.12 bits per heavy atom. The molecule has 2 N–H and O–H groups in total. The number of nitrogens with zero attached hydrogens (tertiary/aromatic N) is 3. The van der Waals surface area contributed by atoms with Crippen molar-refractivity contribution < 1.29 is 40.7 Å². The normalized spacial score (nSPS) is 22.7. The van der Waals surface area contributed by atoms with Crippen molar-refractivity contribution in [2.45, 2.75) is 37.5 Å². The minimum Gasteiger partial charge on any atom is -0.369 e. The van der Waals surface area contributed by atoms with Gasteiger partial charge in [-0.3, -0.25) is 9.59 Å². The molecule has 174 valence electrons. The zero-order valence-corrected chi connectivity index (χ0v) is 16.4. The van der Waals surface area contributed by atoms with Gasteiger partial charge in [-0.1, -0.05) is 0 Å². The number of nitriles is 1. The number of benzene rings is 1. The van der Waals surface area contributed by atoms with Crippen LogP contribution in [0.25, 0.3) is 0 Å². The molecule has 1 aromatic rings. The Morgan fingerprint density at radius 2 is 1.75 bits per heavy atom. The van der Waals surface area contributed by atoms with Crippen molar-refractivity contribution in [3.8, 4) is 6.07 Å². The molecule has 2 aliphatic rings. The SMILES string of the molecule is N#Cc1ccc(N2CC(C(=O)N3CCC(C(N)=O)CC3)OC2C(F)(F)F)cc1C(F)(F)F. The second-order valence-corrected chi connectivity index (χ2v) is 7.51. The van der Waals surface area contributed by atoms with E-state index >= 15 is 0 Å². The molecule has 2 aliphatic heterocycles. The number of hydrogen-bond donors (Lipinski definition) is 1. The third kappa shape index (κ3) is 4.74. The molecule has 32 heavy (non-hydrogen) atoms. The topological polar surface area (TPSA) is 99.7 Å². The number of alkyl halides is 6. The van der Waals surface area contributed by atoms with E-state index in [-0.39, 0.29) is 25.9 Å². The van der Waals surface area contributed by atoms with Gasteiger partial charge in [0.2, 0.25) is 12.1 Å². The highest BCUT2D eigenvalue weighted by Gasteiger charge is 2.53. The largest absolute Gasteiger partial charge is 0.433 e. The lowest BCUT2D eigenvalue weighted by molar-refractivity contribution is -0.215. The first-order chi connectivity index (χ1) is 14.8. The van der Waals surface area contributed by atoms with Crippen LogP contribution in [-0.2, 0) is 20.5 Å². The number of carbonyl (C=O) groups is 2. The van der Waals surface area contributed by atoms with Crippen molar-refractivity contribution in [3.63, 3.8) is 0 Å². The van der Waals surface area contributed by atoms with Gasteiger partial charge < -0.3 is 20.3 Å². The first-order valence-corrected chi connectivity index (χ1v) is 9.51. The highest BCUT2D eigenvalue weighted by molar-refractivity contribution is 5.83. The average Bonchev–Trinajstić information content (AvgIpc) is 3.18. The highest BCUT2D eigenvalue weighted by atomic mass is 19.4. The standard InChI is InChI=1S/C19H18F6N4O3/c20-18(21,22)13-7-12(2-1-11(13)8-26)29-9-14(32-17(29)19(23,24)25)16(31)28-5-3-10(4-6-28)15(27)30/h1-2,7,10,14,17H,3-6,9H2,(H2,27,30). The molecule has 13 heteroatoms. The van der Waals surface area contributed by atoms with Crippen LogP contribution in [0, 0.1) is 17.2 Å². The molecule has 0 aliphatic carbocycles. The number of piperidine rings is 1. The molecule has 7 nitrogen and oxygen atoms in total. The number of ether oxygens (including phenoxy) is 1. The summed E-state index contributed by atoms with van der Waals surface area (Å²) in [5.74, 6) is -1.73. The number of primary amides is 1. The van der Waals surface area contributed by atoms with Gasteiger partial charge in [0.1, 0.15) is 0 Å². The number of anilines is 1. The molecule has 0 bridgehead atoms. The molecular formula is C19H18F6N4O3. The Kier molecular flexibility index (Phi) is 6.28. The molecule has 2 atom stereocenters. The lowest BCUT2D eigenvalue weighted by Crippen LogP contribution is -2.46. The van der Waals surface area contributed by atoms with Gasteiger partial charge in [0, 0.05) is 24.7 Å². The number of halogens is 6. The van der Waals surface area contributed by atoms with Crippen molar-refractivity contribution in [3.05, 3.63) is 29.3 Å². The molecule has 1 aromatic carbocycles. The Hall–Kier alpha value is -3.01. The van der Waals surface area contributed by atoms with Crippen LogP contribution < -0.4 is 10.6 Å². The van der Waals surface area contributed by atoms with Crippen LogP contribution in [0.15, 0.2) is 18.2 Å². The third-order valence-corrected chi connectivity index (χ3v) is 5.46. The van der Waals surface area contributed by atoms with Crippen LogP contribution in [0.1, 0.15) is 24.0 Å². The number of amides is 2. The molecule has 2 saturated heterocycles. The maximum atomic E-state index is 13.6. The van der Waals surface area contributed by atoms with E-state index in [2.05, 4.69) is 0 Å². The van der Waals surface area contributed by atoms with Crippen molar-refractivity contribution in [2.75, 3.05) is 24.5 Å². The summed E-state index contributed by atoms with van der Waals surface area (Å²) in [5, 5.41) is 8.88. The van der Waals surface area contributed by atoms with Gasteiger partial charge in [0.05, 0.1) is 23.7 Å². The molecule has 2 unspecified atom stereocenters. The molecule has 2 heterocycles. The fraction of sp³-hybridized carbons (Fsp3) is 0.526.